The van der Waals surface area contributed by atoms with Gasteiger partial charge in [0, 0.05) is 12.1 Å². The number of esters is 1. The number of H-pyrrole nitrogens is 1. The summed E-state index contributed by atoms with van der Waals surface area (Å²) in [6, 6.07) is 16.1. The molecule has 7 heteroatoms. The largest absolute Gasteiger partial charge is 0.468 e. The van der Waals surface area contributed by atoms with E-state index in [4.69, 9.17) is 10.00 Å². The van der Waals surface area contributed by atoms with Gasteiger partial charge in [0.15, 0.2) is 5.82 Å². The average Bonchev–Trinajstić information content (AvgIpc) is 3.23. The van der Waals surface area contributed by atoms with E-state index in [9.17, 15) is 4.79 Å². The summed E-state index contributed by atoms with van der Waals surface area (Å²) in [7, 11) is 1.34. The lowest BCUT2D eigenvalue weighted by Crippen LogP contribution is -2.29. The van der Waals surface area contributed by atoms with Gasteiger partial charge in [-0.15, -0.1) is 0 Å². The number of carbonyl (C=O) groups excluding carboxylic acids is 1. The van der Waals surface area contributed by atoms with Crippen LogP contribution >= 0.6 is 0 Å². The van der Waals surface area contributed by atoms with Crippen LogP contribution in [0.5, 0.6) is 0 Å². The number of carbonyl (C=O) groups is 1. The molecular formula is C19H17N5O2. The second-order valence-electron chi connectivity index (χ2n) is 5.61. The standard InChI is InChI=1S/C19H17N5O2/c1-26-19(25)17(15-6-2-4-13(8-15)10-20)21-11-14-5-3-7-16(9-14)18-22-12-23-24-18/h2-9,12,17,21H,11H2,1H3,(H,22,23,24)/t17-/m0/s1. The first-order valence-electron chi connectivity index (χ1n) is 7.97. The van der Waals surface area contributed by atoms with E-state index in [2.05, 4.69) is 26.6 Å². The van der Waals surface area contributed by atoms with Crippen LogP contribution in [0.3, 0.4) is 0 Å². The summed E-state index contributed by atoms with van der Waals surface area (Å²) in [6.45, 7) is 0.443. The number of nitriles is 1. The zero-order valence-corrected chi connectivity index (χ0v) is 14.1. The SMILES string of the molecule is COC(=O)[C@@H](NCc1cccc(-c2ncn[nH]2)c1)c1cccc(C#N)c1. The Balaban J connectivity index is 1.79. The quantitative estimate of drug-likeness (QED) is 0.663. The Morgan fingerprint density at radius 2 is 2.15 bits per heavy atom. The number of benzene rings is 2. The first kappa shape index (κ1) is 17.3. The highest BCUT2D eigenvalue weighted by Crippen LogP contribution is 2.19. The van der Waals surface area contributed by atoms with Gasteiger partial charge in [-0.1, -0.05) is 30.3 Å². The Hall–Kier alpha value is -3.50. The van der Waals surface area contributed by atoms with Crippen molar-refractivity contribution in [3.8, 4) is 17.5 Å². The predicted octanol–water partition coefficient (Wildman–Crippen LogP) is 2.35. The van der Waals surface area contributed by atoms with Crippen LogP contribution in [0.2, 0.25) is 0 Å². The van der Waals surface area contributed by atoms with Gasteiger partial charge in [0.2, 0.25) is 0 Å². The molecule has 0 fully saturated rings. The Labute approximate surface area is 150 Å². The van der Waals surface area contributed by atoms with Gasteiger partial charge in [-0.2, -0.15) is 10.4 Å². The fourth-order valence-electron chi connectivity index (χ4n) is 2.64. The van der Waals surface area contributed by atoms with E-state index in [-0.39, 0.29) is 0 Å². The monoisotopic (exact) mass is 347 g/mol. The van der Waals surface area contributed by atoms with Crippen LogP contribution in [0, 0.1) is 11.3 Å². The van der Waals surface area contributed by atoms with Crippen molar-refractivity contribution >= 4 is 5.97 Å². The number of hydrogen-bond donors (Lipinski definition) is 2. The van der Waals surface area contributed by atoms with Gasteiger partial charge in [0.25, 0.3) is 0 Å². The van der Waals surface area contributed by atoms with E-state index in [1.165, 1.54) is 13.4 Å². The van der Waals surface area contributed by atoms with Crippen LogP contribution in [0.25, 0.3) is 11.4 Å². The van der Waals surface area contributed by atoms with E-state index in [0.717, 1.165) is 11.1 Å². The van der Waals surface area contributed by atoms with Gasteiger partial charge < -0.3 is 4.74 Å². The predicted molar refractivity (Wildman–Crippen MR) is 94.6 cm³/mol. The number of rotatable bonds is 6. The van der Waals surface area contributed by atoms with Crippen molar-refractivity contribution in [2.75, 3.05) is 7.11 Å². The zero-order chi connectivity index (χ0) is 18.4. The van der Waals surface area contributed by atoms with Crippen molar-refractivity contribution < 1.29 is 9.53 Å². The minimum absolute atomic E-state index is 0.411. The molecule has 1 aromatic heterocycles. The maximum absolute atomic E-state index is 12.2. The molecule has 0 aliphatic heterocycles. The maximum atomic E-state index is 12.2. The topological polar surface area (TPSA) is 104 Å². The van der Waals surface area contributed by atoms with Crippen LogP contribution < -0.4 is 5.32 Å². The highest BCUT2D eigenvalue weighted by molar-refractivity contribution is 5.77. The minimum Gasteiger partial charge on any atom is -0.468 e. The average molecular weight is 347 g/mol. The number of aromatic nitrogens is 3. The van der Waals surface area contributed by atoms with Crippen molar-refractivity contribution in [3.63, 3.8) is 0 Å². The molecule has 0 radical (unpaired) electrons. The highest BCUT2D eigenvalue weighted by atomic mass is 16.5. The highest BCUT2D eigenvalue weighted by Gasteiger charge is 2.21. The summed E-state index contributed by atoms with van der Waals surface area (Å²) in [4.78, 5) is 16.3. The van der Waals surface area contributed by atoms with E-state index < -0.39 is 12.0 Å². The third-order valence-corrected chi connectivity index (χ3v) is 3.91. The number of nitrogens with one attached hydrogen (secondary N) is 2. The van der Waals surface area contributed by atoms with E-state index in [1.807, 2.05) is 24.3 Å². The molecule has 2 aromatic carbocycles. The van der Waals surface area contributed by atoms with Gasteiger partial charge >= 0.3 is 5.97 Å². The van der Waals surface area contributed by atoms with Crippen LogP contribution in [-0.2, 0) is 16.1 Å². The smallest absolute Gasteiger partial charge is 0.327 e. The van der Waals surface area contributed by atoms with Crippen LogP contribution in [-0.4, -0.2) is 28.3 Å². The lowest BCUT2D eigenvalue weighted by molar-refractivity contribution is -0.143. The van der Waals surface area contributed by atoms with Gasteiger partial charge in [-0.3, -0.25) is 10.4 Å². The van der Waals surface area contributed by atoms with Crippen LogP contribution in [0.15, 0.2) is 54.9 Å². The summed E-state index contributed by atoms with van der Waals surface area (Å²) in [6.07, 6.45) is 1.45. The van der Waals surface area contributed by atoms with Crippen LogP contribution in [0.1, 0.15) is 22.7 Å². The number of hydrogen-bond acceptors (Lipinski definition) is 6. The molecule has 2 N–H and O–H groups in total. The normalized spacial score (nSPS) is 11.5. The molecule has 0 bridgehead atoms. The van der Waals surface area contributed by atoms with Crippen LogP contribution in [0.4, 0.5) is 0 Å². The van der Waals surface area contributed by atoms with Gasteiger partial charge in [0.05, 0.1) is 18.7 Å². The Morgan fingerprint density at radius 1 is 1.31 bits per heavy atom. The molecule has 0 aliphatic rings. The second kappa shape index (κ2) is 8.05. The Kier molecular flexibility index (Phi) is 5.37. The molecular weight excluding hydrogens is 330 g/mol. The first-order chi connectivity index (χ1) is 12.7. The third-order valence-electron chi connectivity index (χ3n) is 3.91. The van der Waals surface area contributed by atoms with Crippen molar-refractivity contribution in [1.29, 1.82) is 5.26 Å². The Morgan fingerprint density at radius 3 is 2.88 bits per heavy atom. The van der Waals surface area contributed by atoms with E-state index in [0.29, 0.717) is 23.5 Å². The molecule has 0 unspecified atom stereocenters. The fourth-order valence-corrected chi connectivity index (χ4v) is 2.64. The molecule has 0 spiro atoms. The molecule has 1 heterocycles. The third kappa shape index (κ3) is 3.94. The molecule has 7 nitrogen and oxygen atoms in total. The van der Waals surface area contributed by atoms with E-state index >= 15 is 0 Å². The summed E-state index contributed by atoms with van der Waals surface area (Å²) >= 11 is 0. The second-order valence-corrected chi connectivity index (χ2v) is 5.61. The summed E-state index contributed by atoms with van der Waals surface area (Å²) in [5.41, 5.74) is 3.06. The van der Waals surface area contributed by atoms with Crippen molar-refractivity contribution in [3.05, 3.63) is 71.5 Å². The van der Waals surface area contributed by atoms with E-state index in [1.54, 1.807) is 24.3 Å². The molecule has 130 valence electrons. The molecule has 0 saturated heterocycles. The van der Waals surface area contributed by atoms with Gasteiger partial charge in [-0.25, -0.2) is 9.78 Å². The van der Waals surface area contributed by atoms with Gasteiger partial charge in [0.1, 0.15) is 12.4 Å². The molecule has 1 atom stereocenters. The number of aromatic amines is 1. The lowest BCUT2D eigenvalue weighted by Gasteiger charge is -2.17. The summed E-state index contributed by atoms with van der Waals surface area (Å²) in [5.74, 6) is 0.268. The molecule has 26 heavy (non-hydrogen) atoms. The molecule has 0 aliphatic carbocycles. The molecule has 0 saturated carbocycles. The first-order valence-corrected chi connectivity index (χ1v) is 7.97. The summed E-state index contributed by atoms with van der Waals surface area (Å²) in [5, 5.41) is 18.9. The molecule has 0 amide bonds. The van der Waals surface area contributed by atoms with Crippen molar-refractivity contribution in [2.24, 2.45) is 0 Å². The number of ether oxygens (including phenoxy) is 1. The van der Waals surface area contributed by atoms with Crippen molar-refractivity contribution in [1.82, 2.24) is 20.5 Å². The fraction of sp³-hybridized carbons (Fsp3) is 0.158. The number of nitrogens with zero attached hydrogens (tertiary/aromatic N) is 3. The lowest BCUT2D eigenvalue weighted by atomic mass is 10.0. The Bertz CT molecular complexity index is 931. The van der Waals surface area contributed by atoms with Gasteiger partial charge in [-0.05, 0) is 29.3 Å². The summed E-state index contributed by atoms with van der Waals surface area (Å²) < 4.78 is 4.90. The number of methoxy groups -OCH3 is 1. The zero-order valence-electron chi connectivity index (χ0n) is 14.1. The molecule has 3 aromatic rings. The maximum Gasteiger partial charge on any atom is 0.327 e. The van der Waals surface area contributed by atoms with Crippen molar-refractivity contribution in [2.45, 2.75) is 12.6 Å². The molecule has 3 rings (SSSR count). The minimum atomic E-state index is -0.665.